The van der Waals surface area contributed by atoms with E-state index < -0.39 is 0 Å². The Morgan fingerprint density at radius 3 is 2.26 bits per heavy atom. The minimum atomic E-state index is 0.491. The first kappa shape index (κ1) is 12.7. The van der Waals surface area contributed by atoms with Crippen molar-refractivity contribution in [2.24, 2.45) is 9.98 Å². The number of hydrogen-bond acceptors (Lipinski definition) is 4. The first-order chi connectivity index (χ1) is 9.27. The molecular weight excluding hydrogens is 240 g/mol. The largest absolute Gasteiger partial charge is 0.240 e. The standard InChI is InChI=1S/C15H10N2O2/c1-11-5-4-7-13(15(11)17-10-19)12-6-2-3-8-14(12)16-9-18/h2-8H,1H3. The average molecular weight is 250 g/mol. The normalized spacial score (nSPS) is 9.32. The topological polar surface area (TPSA) is 58.9 Å². The van der Waals surface area contributed by atoms with Crippen LogP contribution in [0.25, 0.3) is 11.1 Å². The molecule has 0 aromatic heterocycles. The van der Waals surface area contributed by atoms with Crippen molar-refractivity contribution in [1.29, 1.82) is 0 Å². The van der Waals surface area contributed by atoms with Gasteiger partial charge in [0.05, 0.1) is 11.4 Å². The Bertz CT molecular complexity index is 710. The van der Waals surface area contributed by atoms with Gasteiger partial charge in [-0.25, -0.2) is 9.59 Å². The fourth-order valence-corrected chi connectivity index (χ4v) is 1.92. The number of para-hydroxylation sites is 2. The lowest BCUT2D eigenvalue weighted by molar-refractivity contribution is 0.564. The van der Waals surface area contributed by atoms with E-state index in [9.17, 15) is 9.59 Å². The van der Waals surface area contributed by atoms with Gasteiger partial charge in [0.1, 0.15) is 0 Å². The molecule has 0 bridgehead atoms. The van der Waals surface area contributed by atoms with Crippen molar-refractivity contribution in [2.75, 3.05) is 0 Å². The highest BCUT2D eigenvalue weighted by atomic mass is 16.1. The molecule has 0 aliphatic rings. The number of benzene rings is 2. The average Bonchev–Trinajstić information content (AvgIpc) is 2.42. The molecule has 92 valence electrons. The number of hydrogen-bond donors (Lipinski definition) is 0. The monoisotopic (exact) mass is 250 g/mol. The molecule has 4 nitrogen and oxygen atoms in total. The van der Waals surface area contributed by atoms with E-state index in [1.807, 2.05) is 37.3 Å². The first-order valence-corrected chi connectivity index (χ1v) is 5.62. The maximum atomic E-state index is 10.5. The number of isocyanates is 2. The van der Waals surface area contributed by atoms with Crippen LogP contribution in [0, 0.1) is 6.92 Å². The first-order valence-electron chi connectivity index (χ1n) is 5.62. The highest BCUT2D eigenvalue weighted by Crippen LogP contribution is 2.37. The van der Waals surface area contributed by atoms with Crippen LogP contribution in [0.4, 0.5) is 11.4 Å². The van der Waals surface area contributed by atoms with Gasteiger partial charge < -0.3 is 0 Å². The summed E-state index contributed by atoms with van der Waals surface area (Å²) in [7, 11) is 0. The summed E-state index contributed by atoms with van der Waals surface area (Å²) in [4.78, 5) is 28.4. The molecule has 0 fully saturated rings. The Kier molecular flexibility index (Phi) is 3.79. The Morgan fingerprint density at radius 1 is 0.842 bits per heavy atom. The van der Waals surface area contributed by atoms with Crippen LogP contribution < -0.4 is 0 Å². The molecule has 0 heterocycles. The van der Waals surface area contributed by atoms with Gasteiger partial charge >= 0.3 is 0 Å². The molecule has 0 unspecified atom stereocenters. The summed E-state index contributed by atoms with van der Waals surface area (Å²) >= 11 is 0. The molecule has 0 spiro atoms. The van der Waals surface area contributed by atoms with Gasteiger partial charge in [0.2, 0.25) is 12.2 Å². The van der Waals surface area contributed by atoms with E-state index in [1.165, 1.54) is 6.08 Å². The molecule has 0 aliphatic carbocycles. The van der Waals surface area contributed by atoms with Gasteiger partial charge in [0, 0.05) is 11.1 Å². The SMILES string of the molecule is Cc1cccc(-c2ccccc2N=C=O)c1N=C=O. The van der Waals surface area contributed by atoms with Crippen molar-refractivity contribution in [3.05, 3.63) is 48.0 Å². The third-order valence-corrected chi connectivity index (χ3v) is 2.76. The molecule has 0 amide bonds. The van der Waals surface area contributed by atoms with E-state index in [1.54, 1.807) is 18.2 Å². The van der Waals surface area contributed by atoms with E-state index in [0.717, 1.165) is 16.7 Å². The molecule has 2 aromatic carbocycles. The summed E-state index contributed by atoms with van der Waals surface area (Å²) in [5.41, 5.74) is 3.34. The summed E-state index contributed by atoms with van der Waals surface area (Å²) in [6, 6.07) is 12.7. The third-order valence-electron chi connectivity index (χ3n) is 2.76. The summed E-state index contributed by atoms with van der Waals surface area (Å²) < 4.78 is 0. The molecule has 0 saturated carbocycles. The fraction of sp³-hybridized carbons (Fsp3) is 0.0667. The lowest BCUT2D eigenvalue weighted by Crippen LogP contribution is -1.83. The van der Waals surface area contributed by atoms with Crippen molar-refractivity contribution < 1.29 is 9.59 Å². The lowest BCUT2D eigenvalue weighted by Gasteiger charge is -2.09. The molecule has 0 N–H and O–H groups in total. The van der Waals surface area contributed by atoms with Gasteiger partial charge in [0.15, 0.2) is 0 Å². The summed E-state index contributed by atoms with van der Waals surface area (Å²) in [5, 5.41) is 0. The maximum absolute atomic E-state index is 10.5. The van der Waals surface area contributed by atoms with Crippen LogP contribution in [0.1, 0.15) is 5.56 Å². The predicted octanol–water partition coefficient (Wildman–Crippen LogP) is 3.60. The quantitative estimate of drug-likeness (QED) is 0.617. The van der Waals surface area contributed by atoms with E-state index in [-0.39, 0.29) is 0 Å². The van der Waals surface area contributed by atoms with Crippen molar-refractivity contribution in [1.82, 2.24) is 0 Å². The lowest BCUT2D eigenvalue weighted by atomic mass is 9.99. The Balaban J connectivity index is 2.75. The second kappa shape index (κ2) is 5.69. The van der Waals surface area contributed by atoms with Gasteiger partial charge in [-0.05, 0) is 18.6 Å². The molecule has 19 heavy (non-hydrogen) atoms. The minimum Gasteiger partial charge on any atom is -0.211 e. The van der Waals surface area contributed by atoms with Crippen LogP contribution in [0.2, 0.25) is 0 Å². The summed E-state index contributed by atoms with van der Waals surface area (Å²) in [5.74, 6) is 0. The Hall–Kier alpha value is -2.80. The van der Waals surface area contributed by atoms with E-state index in [2.05, 4.69) is 9.98 Å². The van der Waals surface area contributed by atoms with Crippen LogP contribution in [0.3, 0.4) is 0 Å². The van der Waals surface area contributed by atoms with E-state index in [4.69, 9.17) is 0 Å². The minimum absolute atomic E-state index is 0.491. The predicted molar refractivity (Wildman–Crippen MR) is 72.2 cm³/mol. The highest BCUT2D eigenvalue weighted by Gasteiger charge is 2.10. The Morgan fingerprint density at radius 2 is 1.53 bits per heavy atom. The molecule has 0 saturated heterocycles. The zero-order valence-electron chi connectivity index (χ0n) is 10.3. The van der Waals surface area contributed by atoms with E-state index >= 15 is 0 Å². The highest BCUT2D eigenvalue weighted by molar-refractivity contribution is 5.86. The number of aryl methyl sites for hydroxylation is 1. The zero-order valence-corrected chi connectivity index (χ0v) is 10.3. The van der Waals surface area contributed by atoms with Crippen molar-refractivity contribution >= 4 is 23.5 Å². The zero-order chi connectivity index (χ0) is 13.7. The van der Waals surface area contributed by atoms with Crippen LogP contribution >= 0.6 is 0 Å². The molecule has 0 atom stereocenters. The van der Waals surface area contributed by atoms with Gasteiger partial charge in [-0.15, -0.1) is 0 Å². The van der Waals surface area contributed by atoms with Gasteiger partial charge in [-0.1, -0.05) is 36.4 Å². The Labute approximate surface area is 110 Å². The van der Waals surface area contributed by atoms with Crippen molar-refractivity contribution in [3.63, 3.8) is 0 Å². The van der Waals surface area contributed by atoms with Gasteiger partial charge in [-0.3, -0.25) is 0 Å². The van der Waals surface area contributed by atoms with Crippen molar-refractivity contribution in [2.45, 2.75) is 6.92 Å². The fourth-order valence-electron chi connectivity index (χ4n) is 1.92. The summed E-state index contributed by atoms with van der Waals surface area (Å²) in [6.07, 6.45) is 3.08. The molecule has 2 aromatic rings. The number of nitrogens with zero attached hydrogens (tertiary/aromatic N) is 2. The molecule has 2 rings (SSSR count). The second-order valence-corrected chi connectivity index (χ2v) is 3.89. The van der Waals surface area contributed by atoms with Gasteiger partial charge in [0.25, 0.3) is 0 Å². The number of rotatable bonds is 3. The third kappa shape index (κ3) is 2.55. The molecule has 0 radical (unpaired) electrons. The van der Waals surface area contributed by atoms with E-state index in [0.29, 0.717) is 11.4 Å². The van der Waals surface area contributed by atoms with Crippen LogP contribution in [-0.4, -0.2) is 12.2 Å². The molecule has 0 aliphatic heterocycles. The van der Waals surface area contributed by atoms with Crippen LogP contribution in [0.5, 0.6) is 0 Å². The second-order valence-electron chi connectivity index (χ2n) is 3.89. The van der Waals surface area contributed by atoms with Gasteiger partial charge in [-0.2, -0.15) is 9.98 Å². The van der Waals surface area contributed by atoms with Crippen LogP contribution in [0.15, 0.2) is 52.4 Å². The molecule has 4 heteroatoms. The summed E-state index contributed by atoms with van der Waals surface area (Å²) in [6.45, 7) is 1.85. The number of carbonyl (C=O) groups excluding carboxylic acids is 2. The smallest absolute Gasteiger partial charge is 0.211 e. The number of aliphatic imine (C=N–C) groups is 2. The van der Waals surface area contributed by atoms with Crippen LogP contribution in [-0.2, 0) is 9.59 Å². The molecular formula is C15H10N2O2. The van der Waals surface area contributed by atoms with Crippen molar-refractivity contribution in [3.8, 4) is 11.1 Å². The maximum Gasteiger partial charge on any atom is 0.240 e.